The molecule has 0 saturated carbocycles. The van der Waals surface area contributed by atoms with Gasteiger partial charge in [0.15, 0.2) is 11.5 Å². The Labute approximate surface area is 156 Å². The van der Waals surface area contributed by atoms with Crippen molar-refractivity contribution in [3.05, 3.63) is 42.7 Å². The van der Waals surface area contributed by atoms with E-state index in [0.717, 1.165) is 0 Å². The average Bonchev–Trinajstić information content (AvgIpc) is 2.67. The lowest BCUT2D eigenvalue weighted by Crippen LogP contribution is -2.19. The van der Waals surface area contributed by atoms with Crippen molar-refractivity contribution in [1.29, 1.82) is 0 Å². The minimum atomic E-state index is -1.71. The van der Waals surface area contributed by atoms with E-state index in [0.29, 0.717) is 33.0 Å². The fourth-order valence-corrected chi connectivity index (χ4v) is 3.15. The number of primary amides is 1. The Balaban J connectivity index is 2.01. The summed E-state index contributed by atoms with van der Waals surface area (Å²) in [4.78, 5) is 19.6. The smallest absolute Gasteiger partial charge is 0.316 e. The highest BCUT2D eigenvalue weighted by Gasteiger charge is 2.09. The molecule has 0 unspecified atom stereocenters. The van der Waals surface area contributed by atoms with Crippen molar-refractivity contribution in [2.75, 3.05) is 19.5 Å². The minimum absolute atomic E-state index is 0.263. The van der Waals surface area contributed by atoms with Crippen molar-refractivity contribution < 1.29 is 18.5 Å². The van der Waals surface area contributed by atoms with Gasteiger partial charge >= 0.3 is 6.03 Å². The van der Waals surface area contributed by atoms with Gasteiger partial charge < -0.3 is 29.1 Å². The SMILES string of the molecule is COc1cc2ncnc(N=[S-](=O)c3ccc(NC(N)=O)cc3)c2cc1OC. The maximum absolute atomic E-state index is 12.6. The molecule has 1 heterocycles. The number of nitrogens with two attached hydrogens (primary N) is 1. The summed E-state index contributed by atoms with van der Waals surface area (Å²) in [6, 6.07) is 9.03. The second-order valence-corrected chi connectivity index (χ2v) is 6.43. The molecule has 0 radical (unpaired) electrons. The third-order valence-corrected chi connectivity index (χ3v) is 4.63. The molecule has 0 atom stereocenters. The van der Waals surface area contributed by atoms with Gasteiger partial charge in [-0.25, -0.2) is 14.8 Å². The number of hydrogen-bond donors (Lipinski definition) is 2. The number of methoxy groups -OCH3 is 2. The van der Waals surface area contributed by atoms with Gasteiger partial charge in [0.1, 0.15) is 12.1 Å². The highest BCUT2D eigenvalue weighted by atomic mass is 32.2. The van der Waals surface area contributed by atoms with Crippen molar-refractivity contribution in [3.63, 3.8) is 0 Å². The molecule has 10 heteroatoms. The number of ether oxygens (including phenoxy) is 2. The first-order valence-corrected chi connectivity index (χ1v) is 8.79. The summed E-state index contributed by atoms with van der Waals surface area (Å²) in [7, 11) is 1.34. The second-order valence-electron chi connectivity index (χ2n) is 5.28. The number of carbonyl (C=O) groups excluding carboxylic acids is 1. The van der Waals surface area contributed by atoms with E-state index in [2.05, 4.69) is 19.6 Å². The molecule has 0 saturated heterocycles. The van der Waals surface area contributed by atoms with Gasteiger partial charge in [0.25, 0.3) is 0 Å². The van der Waals surface area contributed by atoms with Crippen molar-refractivity contribution in [3.8, 4) is 11.5 Å². The van der Waals surface area contributed by atoms with Crippen LogP contribution in [0.2, 0.25) is 0 Å². The first-order valence-electron chi connectivity index (χ1n) is 7.68. The molecule has 3 aromatic rings. The zero-order chi connectivity index (χ0) is 19.4. The molecule has 27 heavy (non-hydrogen) atoms. The molecule has 0 bridgehead atoms. The van der Waals surface area contributed by atoms with Crippen LogP contribution >= 0.6 is 0 Å². The van der Waals surface area contributed by atoms with Crippen LogP contribution in [0.15, 0.2) is 52.0 Å². The van der Waals surface area contributed by atoms with Crippen LogP contribution in [-0.4, -0.2) is 30.2 Å². The van der Waals surface area contributed by atoms with E-state index in [4.69, 9.17) is 15.2 Å². The lowest BCUT2D eigenvalue weighted by molar-refractivity contribution is 0.259. The Morgan fingerprint density at radius 2 is 1.78 bits per heavy atom. The Kier molecular flexibility index (Phi) is 5.36. The second kappa shape index (κ2) is 7.87. The molecule has 9 nitrogen and oxygen atoms in total. The first-order chi connectivity index (χ1) is 13.0. The van der Waals surface area contributed by atoms with Gasteiger partial charge in [-0.15, -0.1) is 0 Å². The number of hydrogen-bond acceptors (Lipinski definition) is 8. The number of anilines is 1. The monoisotopic (exact) mass is 386 g/mol. The molecule has 140 valence electrons. The van der Waals surface area contributed by atoms with Crippen molar-refractivity contribution >= 4 is 39.0 Å². The summed E-state index contributed by atoms with van der Waals surface area (Å²) in [5.41, 5.74) is 6.14. The van der Waals surface area contributed by atoms with E-state index in [1.807, 2.05) is 0 Å². The largest absolute Gasteiger partial charge is 0.493 e. The van der Waals surface area contributed by atoms with Crippen LogP contribution in [0.25, 0.3) is 10.9 Å². The molecule has 0 aliphatic rings. The number of aromatic nitrogens is 2. The number of urea groups is 1. The molecule has 3 rings (SSSR count). The highest BCUT2D eigenvalue weighted by molar-refractivity contribution is 7.75. The topological polar surface area (TPSA) is 129 Å². The zero-order valence-corrected chi connectivity index (χ0v) is 15.3. The molecule has 2 amide bonds. The summed E-state index contributed by atoms with van der Waals surface area (Å²) in [5, 5.41) is 3.01. The third kappa shape index (κ3) is 4.06. The molecular formula is C17H16N5O4S-. The highest BCUT2D eigenvalue weighted by Crippen LogP contribution is 2.34. The van der Waals surface area contributed by atoms with Crippen molar-refractivity contribution in [2.24, 2.45) is 10.1 Å². The number of benzene rings is 2. The molecule has 3 N–H and O–H groups in total. The summed E-state index contributed by atoms with van der Waals surface area (Å²) in [5.74, 6) is 1.27. The molecule has 2 aromatic carbocycles. The Bertz CT molecular complexity index is 1080. The van der Waals surface area contributed by atoms with Crippen LogP contribution < -0.4 is 20.5 Å². The molecule has 0 aliphatic heterocycles. The maximum atomic E-state index is 12.6. The Morgan fingerprint density at radius 3 is 2.41 bits per heavy atom. The summed E-state index contributed by atoms with van der Waals surface area (Å²) < 4.78 is 27.3. The van der Waals surface area contributed by atoms with E-state index in [1.54, 1.807) is 36.4 Å². The summed E-state index contributed by atoms with van der Waals surface area (Å²) >= 11 is 0. The number of nitrogens with one attached hydrogen (secondary N) is 1. The number of nitrogens with zero attached hydrogens (tertiary/aromatic N) is 3. The first kappa shape index (κ1) is 18.4. The number of amides is 2. The number of rotatable bonds is 5. The van der Waals surface area contributed by atoms with Crippen LogP contribution in [0.4, 0.5) is 16.3 Å². The predicted molar refractivity (Wildman–Crippen MR) is 101 cm³/mol. The Morgan fingerprint density at radius 1 is 1.11 bits per heavy atom. The van der Waals surface area contributed by atoms with Gasteiger partial charge in [-0.05, 0) is 18.2 Å². The zero-order valence-electron chi connectivity index (χ0n) is 14.5. The van der Waals surface area contributed by atoms with Gasteiger partial charge in [0.2, 0.25) is 0 Å². The normalized spacial score (nSPS) is 11.9. The van der Waals surface area contributed by atoms with E-state index >= 15 is 0 Å². The average molecular weight is 386 g/mol. The van der Waals surface area contributed by atoms with Gasteiger partial charge in [0, 0.05) is 17.1 Å². The number of fused-ring (bicyclic) bond motifs is 1. The lowest BCUT2D eigenvalue weighted by atomic mass is 10.2. The summed E-state index contributed by atoms with van der Waals surface area (Å²) in [6.07, 6.45) is 1.34. The van der Waals surface area contributed by atoms with E-state index in [9.17, 15) is 9.00 Å². The molecule has 0 fully saturated rings. The molecule has 0 aliphatic carbocycles. The molecular weight excluding hydrogens is 370 g/mol. The fraction of sp³-hybridized carbons (Fsp3) is 0.118. The van der Waals surface area contributed by atoms with Crippen LogP contribution in [0, 0.1) is 0 Å². The van der Waals surface area contributed by atoms with Gasteiger partial charge in [-0.3, -0.25) is 0 Å². The fourth-order valence-electron chi connectivity index (χ4n) is 2.37. The van der Waals surface area contributed by atoms with Crippen LogP contribution in [0.3, 0.4) is 0 Å². The third-order valence-electron chi connectivity index (χ3n) is 3.61. The van der Waals surface area contributed by atoms with E-state index in [-0.39, 0.29) is 5.82 Å². The van der Waals surface area contributed by atoms with Gasteiger partial charge in [0.05, 0.1) is 19.7 Å². The van der Waals surface area contributed by atoms with E-state index < -0.39 is 16.6 Å². The van der Waals surface area contributed by atoms with Gasteiger partial charge in [-0.2, -0.15) is 10.6 Å². The number of carbonyl (C=O) groups is 1. The van der Waals surface area contributed by atoms with Gasteiger partial charge in [-0.1, -0.05) is 17.0 Å². The minimum Gasteiger partial charge on any atom is -0.493 e. The standard InChI is InChI=1S/C17H16N5O4S/c1-25-14-7-12-13(8-15(14)26-2)19-9-20-16(12)22-27(24)11-5-3-10(4-6-11)21-17(18)23/h3-9H,1-2H3,(H3,18,21,23)/q-1. The quantitative estimate of drug-likeness (QED) is 0.649. The Hall–Kier alpha value is -3.40. The molecule has 1 aromatic heterocycles. The van der Waals surface area contributed by atoms with Crippen LogP contribution in [0.5, 0.6) is 11.5 Å². The van der Waals surface area contributed by atoms with Crippen LogP contribution in [0.1, 0.15) is 0 Å². The van der Waals surface area contributed by atoms with Crippen molar-refractivity contribution in [2.45, 2.75) is 4.90 Å². The van der Waals surface area contributed by atoms with Crippen molar-refractivity contribution in [1.82, 2.24) is 9.97 Å². The summed E-state index contributed by atoms with van der Waals surface area (Å²) in [6.45, 7) is 0. The van der Waals surface area contributed by atoms with Crippen LogP contribution in [-0.2, 0) is 14.8 Å². The molecule has 0 spiro atoms. The predicted octanol–water partition coefficient (Wildman–Crippen LogP) is 2.98. The van der Waals surface area contributed by atoms with E-state index in [1.165, 1.54) is 20.5 Å². The lowest BCUT2D eigenvalue weighted by Gasteiger charge is -2.11. The maximum Gasteiger partial charge on any atom is 0.316 e.